The largest absolute Gasteiger partial charge is 0.416 e. The van der Waals surface area contributed by atoms with Crippen LogP contribution in [0, 0.1) is 12.8 Å². The van der Waals surface area contributed by atoms with Crippen molar-refractivity contribution in [3.8, 4) is 0 Å². The lowest BCUT2D eigenvalue weighted by Gasteiger charge is -2.19. The molecule has 0 spiro atoms. The number of hydrogen-bond acceptors (Lipinski definition) is 1. The highest BCUT2D eigenvalue weighted by Crippen LogP contribution is 2.32. The molecule has 0 aliphatic heterocycles. The highest BCUT2D eigenvalue weighted by atomic mass is 19.4. The third-order valence-electron chi connectivity index (χ3n) is 3.35. The number of nitrogens with two attached hydrogens (primary N) is 1. The lowest BCUT2D eigenvalue weighted by atomic mass is 9.91. The summed E-state index contributed by atoms with van der Waals surface area (Å²) in [7, 11) is 0. The zero-order valence-corrected chi connectivity index (χ0v) is 11.0. The number of aryl methyl sites for hydroxylation is 1. The van der Waals surface area contributed by atoms with E-state index in [0.717, 1.165) is 24.5 Å². The molecule has 1 rings (SSSR count). The maximum Gasteiger partial charge on any atom is 0.416 e. The molecule has 0 aliphatic carbocycles. The van der Waals surface area contributed by atoms with Crippen molar-refractivity contribution in [2.75, 3.05) is 0 Å². The van der Waals surface area contributed by atoms with Crippen LogP contribution >= 0.6 is 0 Å². The molecule has 0 saturated heterocycles. The van der Waals surface area contributed by atoms with Crippen molar-refractivity contribution in [3.05, 3.63) is 34.9 Å². The molecular formula is C14H20F3N. The second-order valence-corrected chi connectivity index (χ2v) is 4.92. The molecule has 18 heavy (non-hydrogen) atoms. The van der Waals surface area contributed by atoms with E-state index in [9.17, 15) is 13.2 Å². The molecule has 102 valence electrons. The number of halogens is 3. The van der Waals surface area contributed by atoms with Crippen LogP contribution < -0.4 is 5.73 Å². The Balaban J connectivity index is 2.92. The Kier molecular flexibility index (Phi) is 4.79. The van der Waals surface area contributed by atoms with E-state index >= 15 is 0 Å². The normalized spacial score (nSPS) is 15.5. The molecule has 1 nitrogen and oxygen atoms in total. The smallest absolute Gasteiger partial charge is 0.324 e. The first-order valence-electron chi connectivity index (χ1n) is 6.19. The molecule has 4 heteroatoms. The number of benzene rings is 1. The van der Waals surface area contributed by atoms with Gasteiger partial charge in [0.15, 0.2) is 0 Å². The molecule has 0 radical (unpaired) electrons. The van der Waals surface area contributed by atoms with Crippen molar-refractivity contribution in [2.45, 2.75) is 45.8 Å². The van der Waals surface area contributed by atoms with E-state index < -0.39 is 11.7 Å². The van der Waals surface area contributed by atoms with E-state index in [1.165, 1.54) is 12.1 Å². The molecule has 0 heterocycles. The number of rotatable bonds is 4. The van der Waals surface area contributed by atoms with E-state index in [4.69, 9.17) is 5.73 Å². The number of hydrogen-bond donors (Lipinski definition) is 1. The Morgan fingerprint density at radius 3 is 2.33 bits per heavy atom. The third kappa shape index (κ3) is 3.73. The fourth-order valence-electron chi connectivity index (χ4n) is 2.00. The summed E-state index contributed by atoms with van der Waals surface area (Å²) < 4.78 is 37.6. The predicted octanol–water partition coefficient (Wildman–Crippen LogP) is 4.45. The van der Waals surface area contributed by atoms with Crippen LogP contribution in [0.15, 0.2) is 18.2 Å². The van der Waals surface area contributed by atoms with Crippen LogP contribution in [-0.4, -0.2) is 0 Å². The minimum Gasteiger partial charge on any atom is -0.324 e. The summed E-state index contributed by atoms with van der Waals surface area (Å²) in [6, 6.07) is 3.60. The molecule has 1 aromatic carbocycles. The first-order chi connectivity index (χ1) is 8.25. The quantitative estimate of drug-likeness (QED) is 0.849. The van der Waals surface area contributed by atoms with Gasteiger partial charge in [-0.05, 0) is 42.5 Å². The van der Waals surface area contributed by atoms with Gasteiger partial charge in [0.1, 0.15) is 0 Å². The molecule has 0 fully saturated rings. The zero-order valence-electron chi connectivity index (χ0n) is 11.0. The van der Waals surface area contributed by atoms with Gasteiger partial charge < -0.3 is 5.73 Å². The Hall–Kier alpha value is -1.03. The molecule has 0 aliphatic rings. The van der Waals surface area contributed by atoms with Gasteiger partial charge in [-0.3, -0.25) is 0 Å². The Morgan fingerprint density at radius 1 is 1.28 bits per heavy atom. The first-order valence-corrected chi connectivity index (χ1v) is 6.19. The van der Waals surface area contributed by atoms with Gasteiger partial charge in [-0.15, -0.1) is 0 Å². The molecule has 0 bridgehead atoms. The summed E-state index contributed by atoms with van der Waals surface area (Å²) in [5.74, 6) is 0.474. The van der Waals surface area contributed by atoms with Crippen LogP contribution in [0.25, 0.3) is 0 Å². The Morgan fingerprint density at radius 2 is 1.89 bits per heavy atom. The lowest BCUT2D eigenvalue weighted by molar-refractivity contribution is -0.137. The highest BCUT2D eigenvalue weighted by molar-refractivity contribution is 5.34. The van der Waals surface area contributed by atoms with Crippen molar-refractivity contribution in [2.24, 2.45) is 11.7 Å². The van der Waals surface area contributed by atoms with E-state index in [1.54, 1.807) is 6.92 Å². The molecule has 1 aromatic rings. The second-order valence-electron chi connectivity index (χ2n) is 4.92. The van der Waals surface area contributed by atoms with E-state index in [1.807, 2.05) is 0 Å². The van der Waals surface area contributed by atoms with Crippen molar-refractivity contribution in [1.82, 2.24) is 0 Å². The van der Waals surface area contributed by atoms with Gasteiger partial charge in [-0.1, -0.05) is 26.3 Å². The van der Waals surface area contributed by atoms with Gasteiger partial charge in [0.05, 0.1) is 5.56 Å². The van der Waals surface area contributed by atoms with Crippen LogP contribution in [0.2, 0.25) is 0 Å². The van der Waals surface area contributed by atoms with Crippen LogP contribution in [0.3, 0.4) is 0 Å². The van der Waals surface area contributed by atoms with E-state index in [2.05, 4.69) is 13.8 Å². The fourth-order valence-corrected chi connectivity index (χ4v) is 2.00. The molecule has 0 aromatic heterocycles. The third-order valence-corrected chi connectivity index (χ3v) is 3.35. The summed E-state index contributed by atoms with van der Waals surface area (Å²) in [5.41, 5.74) is 6.86. The standard InChI is InChI=1S/C14H20F3N/c1-4-9(2)7-13(18)12-6-5-11(8-10(12)3)14(15,16)17/h5-6,8-9,13H,4,7,18H2,1-3H3. The molecular weight excluding hydrogens is 239 g/mol. The highest BCUT2D eigenvalue weighted by Gasteiger charge is 2.30. The van der Waals surface area contributed by atoms with Crippen molar-refractivity contribution in [3.63, 3.8) is 0 Å². The monoisotopic (exact) mass is 259 g/mol. The van der Waals surface area contributed by atoms with Gasteiger partial charge in [0, 0.05) is 6.04 Å². The van der Waals surface area contributed by atoms with Gasteiger partial charge in [-0.25, -0.2) is 0 Å². The van der Waals surface area contributed by atoms with Gasteiger partial charge in [-0.2, -0.15) is 13.2 Å². The van der Waals surface area contributed by atoms with Gasteiger partial charge >= 0.3 is 6.18 Å². The van der Waals surface area contributed by atoms with E-state index in [0.29, 0.717) is 11.5 Å². The Labute approximate surface area is 106 Å². The van der Waals surface area contributed by atoms with Crippen LogP contribution in [0.5, 0.6) is 0 Å². The first kappa shape index (κ1) is 15.0. The summed E-state index contributed by atoms with van der Waals surface area (Å²) in [6.07, 6.45) is -2.47. The molecule has 2 N–H and O–H groups in total. The predicted molar refractivity (Wildman–Crippen MR) is 67.2 cm³/mol. The minimum absolute atomic E-state index is 0.192. The molecule has 2 atom stereocenters. The van der Waals surface area contributed by atoms with Gasteiger partial charge in [0.25, 0.3) is 0 Å². The maximum absolute atomic E-state index is 12.5. The van der Waals surface area contributed by atoms with Crippen LogP contribution in [0.1, 0.15) is 49.4 Å². The summed E-state index contributed by atoms with van der Waals surface area (Å²) in [5, 5.41) is 0. The van der Waals surface area contributed by atoms with Gasteiger partial charge in [0.2, 0.25) is 0 Å². The van der Waals surface area contributed by atoms with E-state index in [-0.39, 0.29) is 6.04 Å². The SMILES string of the molecule is CCC(C)CC(N)c1ccc(C(F)(F)F)cc1C. The second kappa shape index (κ2) is 5.74. The minimum atomic E-state index is -4.29. The average Bonchev–Trinajstić information content (AvgIpc) is 2.27. The van der Waals surface area contributed by atoms with Crippen molar-refractivity contribution in [1.29, 1.82) is 0 Å². The number of alkyl halides is 3. The van der Waals surface area contributed by atoms with Crippen LogP contribution in [0.4, 0.5) is 13.2 Å². The summed E-state index contributed by atoms with van der Waals surface area (Å²) in [4.78, 5) is 0. The summed E-state index contributed by atoms with van der Waals surface area (Å²) >= 11 is 0. The topological polar surface area (TPSA) is 26.0 Å². The maximum atomic E-state index is 12.5. The van der Waals surface area contributed by atoms with Crippen LogP contribution in [-0.2, 0) is 6.18 Å². The lowest BCUT2D eigenvalue weighted by Crippen LogP contribution is -2.16. The van der Waals surface area contributed by atoms with Crippen molar-refractivity contribution < 1.29 is 13.2 Å². The summed E-state index contributed by atoms with van der Waals surface area (Å²) in [6.45, 7) is 5.86. The zero-order chi connectivity index (χ0) is 13.9. The molecule has 0 saturated carbocycles. The van der Waals surface area contributed by atoms with Crippen molar-refractivity contribution >= 4 is 0 Å². The molecule has 2 unspecified atom stereocenters. The fraction of sp³-hybridized carbons (Fsp3) is 0.571. The Bertz CT molecular complexity index is 399. The molecule has 0 amide bonds. The average molecular weight is 259 g/mol.